The highest BCUT2D eigenvalue weighted by Crippen LogP contribution is 2.35. The molecule has 0 spiro atoms. The van der Waals surface area contributed by atoms with E-state index in [2.05, 4.69) is 86.1 Å². The van der Waals surface area contributed by atoms with Crippen molar-refractivity contribution in [1.29, 1.82) is 0 Å². The second-order valence-corrected chi connectivity index (χ2v) is 5.59. The van der Waals surface area contributed by atoms with Gasteiger partial charge in [-0.3, -0.25) is 0 Å². The van der Waals surface area contributed by atoms with E-state index >= 15 is 0 Å². The Bertz CT molecular complexity index is 966. The van der Waals surface area contributed by atoms with E-state index in [1.807, 2.05) is 0 Å². The van der Waals surface area contributed by atoms with E-state index in [-0.39, 0.29) is 0 Å². The number of aryl methyl sites for hydroxylation is 1. The second-order valence-electron chi connectivity index (χ2n) is 5.59. The first-order valence-electron chi connectivity index (χ1n) is 7.29. The Morgan fingerprint density at radius 3 is 2.24 bits per heavy atom. The number of benzene rings is 3. The third-order valence-corrected chi connectivity index (χ3v) is 4.36. The van der Waals surface area contributed by atoms with Crippen molar-refractivity contribution in [3.05, 3.63) is 72.3 Å². The molecule has 100 valence electrons. The molecule has 1 aromatic heterocycles. The van der Waals surface area contributed by atoms with Gasteiger partial charge in [-0.15, -0.1) is 0 Å². The topological polar surface area (TPSA) is 4.93 Å². The van der Waals surface area contributed by atoms with E-state index in [0.717, 1.165) is 0 Å². The third kappa shape index (κ3) is 1.72. The Labute approximate surface area is 125 Å². The lowest BCUT2D eigenvalue weighted by atomic mass is 9.98. The highest BCUT2D eigenvalue weighted by molar-refractivity contribution is 6.24. The average Bonchev–Trinajstić information content (AvgIpc) is 2.82. The molecule has 0 bridgehead atoms. The largest absolute Gasteiger partial charge is 0.392 e. The van der Waals surface area contributed by atoms with Crippen molar-refractivity contribution in [3.63, 3.8) is 0 Å². The normalized spacial score (nSPS) is 11.3. The molecule has 2 heteroatoms. The molecule has 1 heterocycles. The predicted octanol–water partition coefficient (Wildman–Crippen LogP) is 4.17. The van der Waals surface area contributed by atoms with Crippen LogP contribution in [0.5, 0.6) is 0 Å². The summed E-state index contributed by atoms with van der Waals surface area (Å²) >= 11 is 0. The zero-order valence-electron chi connectivity index (χ0n) is 12.3. The summed E-state index contributed by atoms with van der Waals surface area (Å²) in [5, 5.41) is 2.65. The molecule has 4 aromatic rings. The fraction of sp³-hybridized carbons (Fsp3) is 0.0526. The zero-order chi connectivity index (χ0) is 14.4. The standard InChI is InChI=1S/C19H16BN/c1-13-7-2-3-8-14(13)16-10-6-11-17-15-9-4-5-12-18(15)21(20)19(16)17/h2-12H,20H2,1H3. The van der Waals surface area contributed by atoms with E-state index in [4.69, 9.17) is 0 Å². The van der Waals surface area contributed by atoms with E-state index < -0.39 is 0 Å². The monoisotopic (exact) mass is 269 g/mol. The highest BCUT2D eigenvalue weighted by Gasteiger charge is 2.12. The maximum Gasteiger partial charge on any atom is 0.223 e. The molecule has 0 saturated carbocycles. The van der Waals surface area contributed by atoms with Gasteiger partial charge in [-0.1, -0.05) is 60.7 Å². The molecule has 1 nitrogen and oxygen atoms in total. The number of hydrogen-bond donors (Lipinski definition) is 0. The quantitative estimate of drug-likeness (QED) is 0.457. The molecule has 0 saturated heterocycles. The Morgan fingerprint density at radius 1 is 0.714 bits per heavy atom. The van der Waals surface area contributed by atoms with Gasteiger partial charge < -0.3 is 4.48 Å². The average molecular weight is 269 g/mol. The van der Waals surface area contributed by atoms with Crippen molar-refractivity contribution in [3.8, 4) is 11.1 Å². The molecule has 0 atom stereocenters. The number of para-hydroxylation sites is 2. The molecule has 0 unspecified atom stereocenters. The van der Waals surface area contributed by atoms with Gasteiger partial charge in [0.15, 0.2) is 0 Å². The maximum atomic E-state index is 2.31. The van der Waals surface area contributed by atoms with Crippen LogP contribution in [0.25, 0.3) is 32.9 Å². The Balaban J connectivity index is 2.19. The van der Waals surface area contributed by atoms with Crippen LogP contribution in [0.4, 0.5) is 0 Å². The van der Waals surface area contributed by atoms with Crippen LogP contribution >= 0.6 is 0 Å². The molecule has 0 fully saturated rings. The maximum absolute atomic E-state index is 2.31. The van der Waals surface area contributed by atoms with Crippen LogP contribution in [-0.2, 0) is 0 Å². The number of aromatic nitrogens is 1. The van der Waals surface area contributed by atoms with Crippen molar-refractivity contribution in [1.82, 2.24) is 4.48 Å². The number of nitrogens with zero attached hydrogens (tertiary/aromatic N) is 1. The fourth-order valence-corrected chi connectivity index (χ4v) is 3.33. The minimum atomic E-state index is 1.29. The predicted molar refractivity (Wildman–Crippen MR) is 93.6 cm³/mol. The lowest BCUT2D eigenvalue weighted by Gasteiger charge is -2.09. The van der Waals surface area contributed by atoms with Crippen LogP contribution in [0.2, 0.25) is 0 Å². The number of fused-ring (bicyclic) bond motifs is 3. The van der Waals surface area contributed by atoms with Crippen LogP contribution < -0.4 is 0 Å². The third-order valence-electron chi connectivity index (χ3n) is 4.36. The Kier molecular flexibility index (Phi) is 2.65. The van der Waals surface area contributed by atoms with E-state index in [1.165, 1.54) is 38.5 Å². The van der Waals surface area contributed by atoms with Crippen LogP contribution in [0.1, 0.15) is 5.56 Å². The molecule has 0 aliphatic rings. The van der Waals surface area contributed by atoms with E-state index in [0.29, 0.717) is 0 Å². The zero-order valence-corrected chi connectivity index (χ0v) is 12.3. The Hall–Kier alpha value is -2.48. The lowest BCUT2D eigenvalue weighted by Crippen LogP contribution is -1.93. The summed E-state index contributed by atoms with van der Waals surface area (Å²) in [4.78, 5) is 0. The van der Waals surface area contributed by atoms with Gasteiger partial charge in [-0.2, -0.15) is 0 Å². The lowest BCUT2D eigenvalue weighted by molar-refractivity contribution is 1.38. The van der Waals surface area contributed by atoms with Crippen molar-refractivity contribution < 1.29 is 0 Å². The van der Waals surface area contributed by atoms with E-state index in [1.54, 1.807) is 0 Å². The highest BCUT2D eigenvalue weighted by atomic mass is 14.9. The SMILES string of the molecule is Bn1c2ccccc2c2cccc(-c3ccccc3C)c21. The molecule has 0 aliphatic heterocycles. The summed E-state index contributed by atoms with van der Waals surface area (Å²) in [7, 11) is 2.16. The van der Waals surface area contributed by atoms with Crippen LogP contribution in [-0.4, -0.2) is 12.5 Å². The van der Waals surface area contributed by atoms with Gasteiger partial charge in [0.2, 0.25) is 7.98 Å². The molecule has 3 aromatic carbocycles. The van der Waals surface area contributed by atoms with Gasteiger partial charge in [0, 0.05) is 27.4 Å². The minimum absolute atomic E-state index is 1.29. The van der Waals surface area contributed by atoms with E-state index in [9.17, 15) is 0 Å². The van der Waals surface area contributed by atoms with Gasteiger partial charge in [0.1, 0.15) is 0 Å². The molecule has 0 N–H and O–H groups in total. The van der Waals surface area contributed by atoms with Crippen molar-refractivity contribution in [2.24, 2.45) is 0 Å². The molecule has 0 amide bonds. The van der Waals surface area contributed by atoms with Gasteiger partial charge in [-0.25, -0.2) is 0 Å². The first-order chi connectivity index (χ1) is 10.3. The fourth-order valence-electron chi connectivity index (χ4n) is 3.33. The summed E-state index contributed by atoms with van der Waals surface area (Å²) in [6.07, 6.45) is 0. The van der Waals surface area contributed by atoms with Crippen molar-refractivity contribution in [2.45, 2.75) is 6.92 Å². The molecule has 0 aliphatic carbocycles. The number of rotatable bonds is 1. The molecule has 21 heavy (non-hydrogen) atoms. The van der Waals surface area contributed by atoms with Gasteiger partial charge in [0.25, 0.3) is 0 Å². The minimum Gasteiger partial charge on any atom is -0.392 e. The van der Waals surface area contributed by atoms with Gasteiger partial charge in [-0.05, 0) is 24.1 Å². The number of hydrogen-bond acceptors (Lipinski definition) is 0. The van der Waals surface area contributed by atoms with Crippen molar-refractivity contribution >= 4 is 29.8 Å². The summed E-state index contributed by atoms with van der Waals surface area (Å²) in [5.74, 6) is 0. The molecule has 4 rings (SSSR count). The summed E-state index contributed by atoms with van der Waals surface area (Å²) < 4.78 is 2.31. The Morgan fingerprint density at radius 2 is 1.38 bits per heavy atom. The van der Waals surface area contributed by atoms with Crippen molar-refractivity contribution in [2.75, 3.05) is 0 Å². The second kappa shape index (κ2) is 4.52. The van der Waals surface area contributed by atoms with Gasteiger partial charge in [0.05, 0.1) is 0 Å². The smallest absolute Gasteiger partial charge is 0.223 e. The first-order valence-corrected chi connectivity index (χ1v) is 7.29. The van der Waals surface area contributed by atoms with Crippen LogP contribution in [0, 0.1) is 6.92 Å². The summed E-state index contributed by atoms with van der Waals surface area (Å²) in [6, 6.07) is 23.8. The summed E-state index contributed by atoms with van der Waals surface area (Å²) in [6.45, 7) is 2.18. The molecule has 0 radical (unpaired) electrons. The van der Waals surface area contributed by atoms with Crippen LogP contribution in [0.3, 0.4) is 0 Å². The first kappa shape index (κ1) is 12.3. The molecular formula is C19H16BN. The summed E-state index contributed by atoms with van der Waals surface area (Å²) in [5.41, 5.74) is 6.54. The molecular weight excluding hydrogens is 253 g/mol. The van der Waals surface area contributed by atoms with Crippen LogP contribution in [0.15, 0.2) is 66.7 Å². The van der Waals surface area contributed by atoms with Gasteiger partial charge >= 0.3 is 0 Å².